The highest BCUT2D eigenvalue weighted by Gasteiger charge is 2.40. The maximum Gasteiger partial charge on any atom is 0.0626 e. The van der Waals surface area contributed by atoms with Crippen molar-refractivity contribution in [3.05, 3.63) is 0 Å². The molecule has 236 valence electrons. The summed E-state index contributed by atoms with van der Waals surface area (Å²) in [5, 5.41) is 0. The highest BCUT2D eigenvalue weighted by Crippen LogP contribution is 2.45. The molecule has 0 bridgehead atoms. The van der Waals surface area contributed by atoms with Crippen LogP contribution in [0.25, 0.3) is 0 Å². The van der Waals surface area contributed by atoms with Crippen LogP contribution < -0.4 is 0 Å². The van der Waals surface area contributed by atoms with Crippen molar-refractivity contribution in [2.24, 2.45) is 23.2 Å². The number of rotatable bonds is 14. The first kappa shape index (κ1) is 34.3. The van der Waals surface area contributed by atoms with Gasteiger partial charge in [0, 0.05) is 44.3 Å². The Bertz CT molecular complexity index is 737. The van der Waals surface area contributed by atoms with Crippen LogP contribution in [0, 0.1) is 23.2 Å². The molecule has 2 saturated carbocycles. The number of nitrogens with zero attached hydrogens (tertiary/aromatic N) is 3. The first-order valence-electron chi connectivity index (χ1n) is 16.9. The van der Waals surface area contributed by atoms with Gasteiger partial charge in [-0.05, 0) is 144 Å². The number of piperazine rings is 1. The van der Waals surface area contributed by atoms with Crippen molar-refractivity contribution in [3.63, 3.8) is 0 Å². The Kier molecular flexibility index (Phi) is 12.1. The molecule has 0 aromatic heterocycles. The van der Waals surface area contributed by atoms with Crippen molar-refractivity contribution in [3.8, 4) is 0 Å². The summed E-state index contributed by atoms with van der Waals surface area (Å²) in [6, 6.07) is 0.718. The summed E-state index contributed by atoms with van der Waals surface area (Å²) in [5.41, 5.74) is 0.644. The number of ether oxygens (including phenoxy) is 2. The maximum absolute atomic E-state index is 6.58. The summed E-state index contributed by atoms with van der Waals surface area (Å²) in [6.07, 6.45) is 10.5. The van der Waals surface area contributed by atoms with Crippen LogP contribution in [0.1, 0.15) is 121 Å². The zero-order valence-electron chi connectivity index (χ0n) is 28.8. The summed E-state index contributed by atoms with van der Waals surface area (Å²) >= 11 is 0. The predicted molar refractivity (Wildman–Crippen MR) is 171 cm³/mol. The third-order valence-corrected chi connectivity index (χ3v) is 10.7. The van der Waals surface area contributed by atoms with Crippen molar-refractivity contribution < 1.29 is 9.47 Å². The third kappa shape index (κ3) is 11.5. The van der Waals surface area contributed by atoms with Crippen LogP contribution in [0.3, 0.4) is 0 Å². The SMILES string of the molecule is CN(CCOC(C)(C)C)C1CCC(C(C)(C)CCC(C)(C)OCC2CC2CCN2CCN(C(C)(C)C)CC2)CC1. The molecule has 5 heteroatoms. The minimum Gasteiger partial charge on any atom is -0.375 e. The highest BCUT2D eigenvalue weighted by molar-refractivity contribution is 4.90. The molecule has 1 heterocycles. The Balaban J connectivity index is 1.28. The molecule has 3 fully saturated rings. The molecule has 0 spiro atoms. The van der Waals surface area contributed by atoms with Gasteiger partial charge >= 0.3 is 0 Å². The van der Waals surface area contributed by atoms with Crippen LogP contribution in [0.2, 0.25) is 0 Å². The summed E-state index contributed by atoms with van der Waals surface area (Å²) in [5.74, 6) is 2.52. The second kappa shape index (κ2) is 14.1. The first-order valence-corrected chi connectivity index (χ1v) is 16.9. The van der Waals surface area contributed by atoms with Gasteiger partial charge in [0.25, 0.3) is 0 Å². The van der Waals surface area contributed by atoms with Gasteiger partial charge in [0.2, 0.25) is 0 Å². The lowest BCUT2D eigenvalue weighted by Gasteiger charge is -2.43. The van der Waals surface area contributed by atoms with Crippen molar-refractivity contribution in [2.75, 3.05) is 59.5 Å². The van der Waals surface area contributed by atoms with Gasteiger partial charge in [-0.2, -0.15) is 0 Å². The van der Waals surface area contributed by atoms with E-state index in [9.17, 15) is 0 Å². The average molecular weight is 564 g/mol. The minimum atomic E-state index is -0.0390. The van der Waals surface area contributed by atoms with E-state index in [1.54, 1.807) is 0 Å². The van der Waals surface area contributed by atoms with E-state index in [4.69, 9.17) is 9.47 Å². The van der Waals surface area contributed by atoms with Gasteiger partial charge in [-0.15, -0.1) is 0 Å². The van der Waals surface area contributed by atoms with Crippen molar-refractivity contribution in [2.45, 2.75) is 143 Å². The molecular formula is C35H69N3O2. The van der Waals surface area contributed by atoms with Crippen LogP contribution in [-0.2, 0) is 9.47 Å². The zero-order chi connectivity index (χ0) is 29.8. The van der Waals surface area contributed by atoms with E-state index >= 15 is 0 Å². The molecule has 3 rings (SSSR count). The summed E-state index contributed by atoms with van der Waals surface area (Å²) < 4.78 is 12.5. The fourth-order valence-electron chi connectivity index (χ4n) is 7.07. The summed E-state index contributed by atoms with van der Waals surface area (Å²) in [6.45, 7) is 32.2. The lowest BCUT2D eigenvalue weighted by atomic mass is 9.67. The van der Waals surface area contributed by atoms with Gasteiger partial charge in [-0.3, -0.25) is 4.90 Å². The zero-order valence-corrected chi connectivity index (χ0v) is 28.8. The van der Waals surface area contributed by atoms with Gasteiger partial charge in [-0.25, -0.2) is 0 Å². The smallest absolute Gasteiger partial charge is 0.0626 e. The van der Waals surface area contributed by atoms with E-state index in [-0.39, 0.29) is 11.2 Å². The van der Waals surface area contributed by atoms with Gasteiger partial charge < -0.3 is 19.3 Å². The van der Waals surface area contributed by atoms with Crippen LogP contribution in [0.4, 0.5) is 0 Å². The molecule has 40 heavy (non-hydrogen) atoms. The number of hydrogen-bond acceptors (Lipinski definition) is 5. The minimum absolute atomic E-state index is 0.0157. The van der Waals surface area contributed by atoms with Crippen LogP contribution >= 0.6 is 0 Å². The second-order valence-electron chi connectivity index (χ2n) is 17.1. The quantitative estimate of drug-likeness (QED) is 0.221. The average Bonchev–Trinajstić information content (AvgIpc) is 3.63. The predicted octanol–water partition coefficient (Wildman–Crippen LogP) is 7.34. The summed E-state index contributed by atoms with van der Waals surface area (Å²) in [7, 11) is 2.29. The molecule has 1 aliphatic heterocycles. The van der Waals surface area contributed by atoms with E-state index in [0.29, 0.717) is 11.0 Å². The molecule has 2 aliphatic carbocycles. The van der Waals surface area contributed by atoms with E-state index in [1.807, 2.05) is 0 Å². The van der Waals surface area contributed by atoms with Crippen molar-refractivity contribution in [1.82, 2.24) is 14.7 Å². The molecule has 5 nitrogen and oxygen atoms in total. The van der Waals surface area contributed by atoms with Gasteiger partial charge in [0.15, 0.2) is 0 Å². The monoisotopic (exact) mass is 564 g/mol. The van der Waals surface area contributed by atoms with E-state index in [1.165, 1.54) is 84.1 Å². The number of likely N-dealkylation sites (N-methyl/N-ethyl adjacent to an activating group) is 1. The van der Waals surface area contributed by atoms with E-state index in [2.05, 4.69) is 91.0 Å². The Morgan fingerprint density at radius 2 is 1.38 bits per heavy atom. The number of hydrogen-bond donors (Lipinski definition) is 0. The first-order chi connectivity index (χ1) is 18.5. The lowest BCUT2D eigenvalue weighted by Crippen LogP contribution is -2.53. The van der Waals surface area contributed by atoms with Crippen LogP contribution in [-0.4, -0.2) is 97.0 Å². The van der Waals surface area contributed by atoms with Gasteiger partial charge in [0.05, 0.1) is 24.4 Å². The molecule has 2 atom stereocenters. The summed E-state index contributed by atoms with van der Waals surface area (Å²) in [4.78, 5) is 7.87. The normalized spacial score (nSPS) is 27.9. The maximum atomic E-state index is 6.58. The Labute approximate surface area is 250 Å². The Morgan fingerprint density at radius 3 is 1.95 bits per heavy atom. The van der Waals surface area contributed by atoms with Gasteiger partial charge in [0.1, 0.15) is 0 Å². The molecule has 1 saturated heterocycles. The fourth-order valence-corrected chi connectivity index (χ4v) is 7.07. The molecule has 3 aliphatic rings. The van der Waals surface area contributed by atoms with Gasteiger partial charge in [-0.1, -0.05) is 13.8 Å². The standard InChI is InChI=1S/C35H69N3O2/c1-32(2,3)38-22-20-37(21-23-38)19-16-28-26-29(28)27-40-35(9,10)18-17-34(7,8)30-12-14-31(15-13-30)36(11)24-25-39-33(4,5)6/h28-31H,12-27H2,1-11H3. The molecule has 0 N–H and O–H groups in total. The topological polar surface area (TPSA) is 28.2 Å². The van der Waals surface area contributed by atoms with Crippen LogP contribution in [0.15, 0.2) is 0 Å². The molecule has 0 aromatic rings. The fraction of sp³-hybridized carbons (Fsp3) is 1.00. The molecule has 0 radical (unpaired) electrons. The Hall–Kier alpha value is -0.200. The van der Waals surface area contributed by atoms with Crippen molar-refractivity contribution in [1.29, 1.82) is 0 Å². The van der Waals surface area contributed by atoms with E-state index < -0.39 is 0 Å². The molecule has 0 amide bonds. The molecule has 2 unspecified atom stereocenters. The Morgan fingerprint density at radius 1 is 0.750 bits per heavy atom. The molecular weight excluding hydrogens is 494 g/mol. The largest absolute Gasteiger partial charge is 0.375 e. The molecule has 0 aromatic carbocycles. The second-order valence-corrected chi connectivity index (χ2v) is 17.1. The lowest BCUT2D eigenvalue weighted by molar-refractivity contribution is -0.0427. The third-order valence-electron chi connectivity index (χ3n) is 10.7. The van der Waals surface area contributed by atoms with Crippen LogP contribution in [0.5, 0.6) is 0 Å². The van der Waals surface area contributed by atoms with Crippen molar-refractivity contribution >= 4 is 0 Å². The van der Waals surface area contributed by atoms with E-state index in [0.717, 1.165) is 43.6 Å². The highest BCUT2D eigenvalue weighted by atomic mass is 16.5.